The molecule has 0 aliphatic carbocycles. The minimum atomic E-state index is -1.77. The van der Waals surface area contributed by atoms with Gasteiger partial charge in [-0.3, -0.25) is 4.79 Å². The van der Waals surface area contributed by atoms with Gasteiger partial charge in [-0.25, -0.2) is 18.7 Å². The first kappa shape index (κ1) is 14.1. The molecule has 1 aromatic heterocycles. The topological polar surface area (TPSA) is 75.1 Å². The van der Waals surface area contributed by atoms with Gasteiger partial charge in [-0.05, 0) is 6.07 Å². The van der Waals surface area contributed by atoms with Crippen molar-refractivity contribution < 1.29 is 23.1 Å². The summed E-state index contributed by atoms with van der Waals surface area (Å²) in [6, 6.07) is 1.49. The maximum atomic E-state index is 13.5. The Morgan fingerprint density at radius 2 is 1.90 bits per heavy atom. The molecule has 0 saturated heterocycles. The third-order valence-corrected chi connectivity index (χ3v) is 2.46. The van der Waals surface area contributed by atoms with Gasteiger partial charge in [-0.1, -0.05) is 11.6 Å². The van der Waals surface area contributed by atoms with E-state index in [1.807, 2.05) is 0 Å². The SMILES string of the molecule is O=C(Nc1cc(Cl)ncn1)c1cc(F)c(F)c(O)c1F. The van der Waals surface area contributed by atoms with E-state index in [-0.39, 0.29) is 11.0 Å². The zero-order valence-electron chi connectivity index (χ0n) is 9.49. The van der Waals surface area contributed by atoms with Crippen LogP contribution in [-0.2, 0) is 0 Å². The van der Waals surface area contributed by atoms with Crippen LogP contribution in [-0.4, -0.2) is 21.0 Å². The molecule has 0 saturated carbocycles. The minimum Gasteiger partial charge on any atom is -0.503 e. The molecule has 0 aliphatic rings. The van der Waals surface area contributed by atoms with Crippen molar-refractivity contribution in [1.82, 2.24) is 9.97 Å². The van der Waals surface area contributed by atoms with E-state index in [0.717, 1.165) is 12.4 Å². The van der Waals surface area contributed by atoms with E-state index in [4.69, 9.17) is 16.7 Å². The lowest BCUT2D eigenvalue weighted by Crippen LogP contribution is -2.15. The fourth-order valence-electron chi connectivity index (χ4n) is 1.34. The largest absolute Gasteiger partial charge is 0.503 e. The molecule has 9 heteroatoms. The Kier molecular flexibility index (Phi) is 3.75. The van der Waals surface area contributed by atoms with Crippen LogP contribution in [0.5, 0.6) is 5.75 Å². The van der Waals surface area contributed by atoms with Gasteiger partial charge in [0.2, 0.25) is 5.82 Å². The van der Waals surface area contributed by atoms with E-state index in [2.05, 4.69) is 15.3 Å². The van der Waals surface area contributed by atoms with E-state index in [0.29, 0.717) is 6.07 Å². The van der Waals surface area contributed by atoms with Crippen LogP contribution in [0.1, 0.15) is 10.4 Å². The van der Waals surface area contributed by atoms with Crippen LogP contribution < -0.4 is 5.32 Å². The quantitative estimate of drug-likeness (QED) is 0.660. The molecule has 0 radical (unpaired) electrons. The summed E-state index contributed by atoms with van der Waals surface area (Å²) in [5.41, 5.74) is -0.879. The molecule has 0 atom stereocenters. The molecule has 1 heterocycles. The number of phenolic OH excluding ortho intramolecular Hbond substituents is 1. The Balaban J connectivity index is 2.35. The summed E-state index contributed by atoms with van der Waals surface area (Å²) in [7, 11) is 0. The van der Waals surface area contributed by atoms with Crippen molar-refractivity contribution in [3.8, 4) is 5.75 Å². The highest BCUT2D eigenvalue weighted by Gasteiger charge is 2.22. The Morgan fingerprint density at radius 3 is 2.55 bits per heavy atom. The highest BCUT2D eigenvalue weighted by molar-refractivity contribution is 6.29. The van der Waals surface area contributed by atoms with Gasteiger partial charge < -0.3 is 10.4 Å². The summed E-state index contributed by atoms with van der Waals surface area (Å²) in [6.45, 7) is 0. The lowest BCUT2D eigenvalue weighted by molar-refractivity contribution is 0.102. The van der Waals surface area contributed by atoms with Crippen LogP contribution in [0.4, 0.5) is 19.0 Å². The summed E-state index contributed by atoms with van der Waals surface area (Å²) in [5.74, 6) is -7.69. The maximum Gasteiger partial charge on any atom is 0.260 e. The summed E-state index contributed by atoms with van der Waals surface area (Å²) < 4.78 is 39.4. The molecule has 2 aromatic rings. The normalized spacial score (nSPS) is 10.4. The number of phenols is 1. The monoisotopic (exact) mass is 303 g/mol. The number of halogens is 4. The highest BCUT2D eigenvalue weighted by atomic mass is 35.5. The Labute approximate surface area is 115 Å². The zero-order chi connectivity index (χ0) is 14.9. The number of aromatic hydroxyl groups is 1. The molecule has 0 aliphatic heterocycles. The van der Waals surface area contributed by atoms with Crippen LogP contribution in [0.2, 0.25) is 5.15 Å². The first-order valence-corrected chi connectivity index (χ1v) is 5.43. The average molecular weight is 304 g/mol. The van der Waals surface area contributed by atoms with Crippen molar-refractivity contribution in [2.75, 3.05) is 5.32 Å². The maximum absolute atomic E-state index is 13.5. The zero-order valence-corrected chi connectivity index (χ0v) is 10.2. The predicted octanol–water partition coefficient (Wildman–Crippen LogP) is 2.51. The van der Waals surface area contributed by atoms with Crippen LogP contribution in [0, 0.1) is 17.5 Å². The second-order valence-corrected chi connectivity index (χ2v) is 3.95. The van der Waals surface area contributed by atoms with E-state index >= 15 is 0 Å². The van der Waals surface area contributed by atoms with Gasteiger partial charge in [0.15, 0.2) is 17.4 Å². The molecule has 104 valence electrons. The Bertz CT molecular complexity index is 697. The molecule has 0 unspecified atom stereocenters. The highest BCUT2D eigenvalue weighted by Crippen LogP contribution is 2.26. The summed E-state index contributed by atoms with van der Waals surface area (Å²) in [5, 5.41) is 11.1. The molecule has 0 fully saturated rings. The molecule has 20 heavy (non-hydrogen) atoms. The average Bonchev–Trinajstić information content (AvgIpc) is 2.40. The lowest BCUT2D eigenvalue weighted by atomic mass is 10.1. The summed E-state index contributed by atoms with van der Waals surface area (Å²) in [6.07, 6.45) is 1.04. The van der Waals surface area contributed by atoms with Crippen molar-refractivity contribution in [3.63, 3.8) is 0 Å². The number of rotatable bonds is 2. The summed E-state index contributed by atoms with van der Waals surface area (Å²) in [4.78, 5) is 18.9. The van der Waals surface area contributed by atoms with E-state index in [1.165, 1.54) is 0 Å². The van der Waals surface area contributed by atoms with Gasteiger partial charge in [0, 0.05) is 6.07 Å². The molecule has 0 bridgehead atoms. The lowest BCUT2D eigenvalue weighted by Gasteiger charge is -2.07. The van der Waals surface area contributed by atoms with Crippen molar-refractivity contribution in [3.05, 3.63) is 46.6 Å². The van der Waals surface area contributed by atoms with Crippen LogP contribution in [0.3, 0.4) is 0 Å². The fraction of sp³-hybridized carbons (Fsp3) is 0. The second kappa shape index (κ2) is 5.33. The standard InChI is InChI=1S/C11H5ClF3N3O2/c12-6-2-7(17-3-16-6)18-11(20)4-1-5(13)9(15)10(19)8(4)14/h1-3,19H,(H,16,17,18,20). The van der Waals surface area contributed by atoms with E-state index in [9.17, 15) is 18.0 Å². The Hall–Kier alpha value is -2.35. The Morgan fingerprint density at radius 1 is 1.20 bits per heavy atom. The van der Waals surface area contributed by atoms with Gasteiger partial charge >= 0.3 is 0 Å². The number of carbonyl (C=O) groups excluding carboxylic acids is 1. The van der Waals surface area contributed by atoms with Gasteiger partial charge in [-0.15, -0.1) is 0 Å². The number of hydrogen-bond donors (Lipinski definition) is 2. The van der Waals surface area contributed by atoms with Crippen molar-refractivity contribution in [1.29, 1.82) is 0 Å². The number of benzene rings is 1. The summed E-state index contributed by atoms with van der Waals surface area (Å²) >= 11 is 5.55. The molecule has 1 amide bonds. The van der Waals surface area contributed by atoms with Crippen LogP contribution in [0.25, 0.3) is 0 Å². The van der Waals surface area contributed by atoms with Crippen LogP contribution in [0.15, 0.2) is 18.5 Å². The third kappa shape index (κ3) is 2.64. The number of hydrogen-bond acceptors (Lipinski definition) is 4. The van der Waals surface area contributed by atoms with Crippen molar-refractivity contribution in [2.24, 2.45) is 0 Å². The van der Waals surface area contributed by atoms with Crippen LogP contribution >= 0.6 is 11.6 Å². The molecule has 2 N–H and O–H groups in total. The number of amides is 1. The number of aromatic nitrogens is 2. The fourth-order valence-corrected chi connectivity index (χ4v) is 1.49. The molecular formula is C11H5ClF3N3O2. The van der Waals surface area contributed by atoms with Gasteiger partial charge in [0.05, 0.1) is 5.56 Å². The van der Waals surface area contributed by atoms with E-state index in [1.54, 1.807) is 0 Å². The molecule has 1 aromatic carbocycles. The molecular weight excluding hydrogens is 299 g/mol. The van der Waals surface area contributed by atoms with Crippen molar-refractivity contribution >= 4 is 23.3 Å². The predicted molar refractivity (Wildman–Crippen MR) is 63.0 cm³/mol. The molecule has 0 spiro atoms. The van der Waals surface area contributed by atoms with E-state index < -0.39 is 34.7 Å². The van der Waals surface area contributed by atoms with Gasteiger partial charge in [0.25, 0.3) is 5.91 Å². The number of anilines is 1. The number of carbonyl (C=O) groups is 1. The van der Waals surface area contributed by atoms with Gasteiger partial charge in [-0.2, -0.15) is 4.39 Å². The molecule has 5 nitrogen and oxygen atoms in total. The first-order chi connectivity index (χ1) is 9.40. The van der Waals surface area contributed by atoms with Crippen molar-refractivity contribution in [2.45, 2.75) is 0 Å². The third-order valence-electron chi connectivity index (χ3n) is 2.25. The molecule has 2 rings (SSSR count). The smallest absolute Gasteiger partial charge is 0.260 e. The number of nitrogens with zero attached hydrogens (tertiary/aromatic N) is 2. The second-order valence-electron chi connectivity index (χ2n) is 3.56. The first-order valence-electron chi connectivity index (χ1n) is 5.05. The minimum absolute atomic E-state index is 0.0175. The van der Waals surface area contributed by atoms with Gasteiger partial charge in [0.1, 0.15) is 17.3 Å². The number of nitrogens with one attached hydrogen (secondary N) is 1.